The lowest BCUT2D eigenvalue weighted by Crippen LogP contribution is -2.39. The molecule has 0 amide bonds. The van der Waals surface area contributed by atoms with Gasteiger partial charge in [0.25, 0.3) is 0 Å². The second-order valence-electron chi connectivity index (χ2n) is 4.18. The van der Waals surface area contributed by atoms with E-state index in [9.17, 15) is 26.4 Å². The number of hydrogen-bond acceptors (Lipinski definition) is 7. The van der Waals surface area contributed by atoms with Gasteiger partial charge in [0.05, 0.1) is 20.3 Å². The highest BCUT2D eigenvalue weighted by molar-refractivity contribution is 7.88. The smallest absolute Gasteiger partial charge is 0.464 e. The summed E-state index contributed by atoms with van der Waals surface area (Å²) in [5.41, 5.74) is -0.595. The molecule has 132 valence electrons. The van der Waals surface area contributed by atoms with Gasteiger partial charge in [-0.05, 0) is 6.08 Å². The first-order chi connectivity index (χ1) is 11.1. The van der Waals surface area contributed by atoms with Gasteiger partial charge in [-0.2, -0.15) is 8.42 Å². The first-order valence-electron chi connectivity index (χ1n) is 6.17. The van der Waals surface area contributed by atoms with Crippen molar-refractivity contribution in [1.82, 2.24) is 9.29 Å². The summed E-state index contributed by atoms with van der Waals surface area (Å²) in [6.07, 6.45) is -2.44. The monoisotopic (exact) mass is 385 g/mol. The van der Waals surface area contributed by atoms with Crippen LogP contribution in [0.5, 0.6) is 0 Å². The van der Waals surface area contributed by atoms with Gasteiger partial charge in [0.1, 0.15) is 16.4 Å². The third-order valence-corrected chi connectivity index (χ3v) is 4.80. The normalized spacial score (nSPS) is 17.2. The molecule has 2 heterocycles. The number of carbonyl (C=O) groups is 1. The predicted molar refractivity (Wildman–Crippen MR) is 76.4 cm³/mol. The molecule has 0 radical (unpaired) electrons. The molecule has 1 aromatic heterocycles. The summed E-state index contributed by atoms with van der Waals surface area (Å²) >= 11 is 1.08. The fourth-order valence-electron chi connectivity index (χ4n) is 1.72. The Labute approximate surface area is 138 Å². The maximum atomic E-state index is 12.2. The number of aromatic nitrogens is 1. The average molecular weight is 385 g/mol. The van der Waals surface area contributed by atoms with Crippen molar-refractivity contribution in [2.45, 2.75) is 6.36 Å². The van der Waals surface area contributed by atoms with Crippen LogP contribution in [0.15, 0.2) is 27.7 Å². The third-order valence-electron chi connectivity index (χ3n) is 2.64. The molecule has 0 spiro atoms. The van der Waals surface area contributed by atoms with Crippen molar-refractivity contribution in [2.75, 3.05) is 20.3 Å². The van der Waals surface area contributed by atoms with Crippen LogP contribution in [0.2, 0.25) is 0 Å². The van der Waals surface area contributed by atoms with Gasteiger partial charge in [0.15, 0.2) is 0 Å². The minimum atomic E-state index is -4.93. The number of allylic oxidation sites excluding steroid dienone is 1. The summed E-state index contributed by atoms with van der Waals surface area (Å²) in [6.45, 7) is -1.78. The summed E-state index contributed by atoms with van der Waals surface area (Å²) in [6, 6.07) is 0. The Morgan fingerprint density at radius 2 is 2.12 bits per heavy atom. The number of rotatable bonds is 5. The quantitative estimate of drug-likeness (QED) is 0.704. The molecule has 0 unspecified atom stereocenters. The van der Waals surface area contributed by atoms with Gasteiger partial charge in [0, 0.05) is 11.6 Å². The largest absolute Gasteiger partial charge is 0.522 e. The lowest BCUT2D eigenvalue weighted by atomic mass is 10.3. The van der Waals surface area contributed by atoms with Crippen LogP contribution in [-0.2, 0) is 24.5 Å². The standard InChI is InChI=1S/C11H10F3N3O5S2/c1-21-10(18)8-6-7(9-15-2-5-23-9)16-24(19,20)17(8)3-4-22-11(12,13)14/h2,5-6H,3-4H2,1H3. The number of thiazole rings is 1. The van der Waals surface area contributed by atoms with E-state index in [1.807, 2.05) is 0 Å². The van der Waals surface area contributed by atoms with Crippen LogP contribution in [0.4, 0.5) is 13.2 Å². The number of ether oxygens (including phenoxy) is 2. The first kappa shape index (κ1) is 18.4. The lowest BCUT2D eigenvalue weighted by Gasteiger charge is -2.26. The van der Waals surface area contributed by atoms with Crippen LogP contribution in [0.25, 0.3) is 0 Å². The number of alkyl halides is 3. The van der Waals surface area contributed by atoms with Crippen LogP contribution in [0.3, 0.4) is 0 Å². The fourth-order valence-corrected chi connectivity index (χ4v) is 3.54. The van der Waals surface area contributed by atoms with Gasteiger partial charge in [-0.3, -0.25) is 4.74 Å². The van der Waals surface area contributed by atoms with E-state index in [-0.39, 0.29) is 10.7 Å². The molecule has 8 nitrogen and oxygen atoms in total. The zero-order valence-corrected chi connectivity index (χ0v) is 13.6. The van der Waals surface area contributed by atoms with Crippen molar-refractivity contribution in [1.29, 1.82) is 0 Å². The zero-order valence-electron chi connectivity index (χ0n) is 12.0. The van der Waals surface area contributed by atoms with E-state index in [2.05, 4.69) is 18.9 Å². The number of halogens is 3. The maximum Gasteiger partial charge on any atom is 0.522 e. The molecule has 24 heavy (non-hydrogen) atoms. The molecule has 1 aromatic rings. The molecule has 2 rings (SSSR count). The van der Waals surface area contributed by atoms with Crippen molar-refractivity contribution in [2.24, 2.45) is 4.40 Å². The number of carbonyl (C=O) groups excluding carboxylic acids is 1. The molecule has 1 aliphatic rings. The lowest BCUT2D eigenvalue weighted by molar-refractivity contribution is -0.324. The SMILES string of the molecule is COC(=O)C1=CC(c2nccs2)=NS(=O)(=O)N1CCOC(F)(F)F. The Kier molecular flexibility index (Phi) is 5.25. The third kappa shape index (κ3) is 4.30. The van der Waals surface area contributed by atoms with Crippen molar-refractivity contribution in [3.8, 4) is 0 Å². The highest BCUT2D eigenvalue weighted by atomic mass is 32.2. The highest BCUT2D eigenvalue weighted by Crippen LogP contribution is 2.23. The maximum absolute atomic E-state index is 12.2. The Bertz CT molecular complexity index is 771. The zero-order chi connectivity index (χ0) is 18.0. The molecule has 0 aromatic carbocycles. The van der Waals surface area contributed by atoms with Crippen LogP contribution < -0.4 is 0 Å². The van der Waals surface area contributed by atoms with Gasteiger partial charge in [0.2, 0.25) is 0 Å². The van der Waals surface area contributed by atoms with Crippen molar-refractivity contribution in [3.63, 3.8) is 0 Å². The molecule has 1 aliphatic heterocycles. The molecule has 13 heteroatoms. The molecule has 0 bridgehead atoms. The Hall–Kier alpha value is -1.99. The van der Waals surface area contributed by atoms with Gasteiger partial charge < -0.3 is 4.74 Å². The van der Waals surface area contributed by atoms with Crippen LogP contribution in [0, 0.1) is 0 Å². The molecule has 0 atom stereocenters. The molecule has 0 aliphatic carbocycles. The van der Waals surface area contributed by atoms with Gasteiger partial charge in [-0.15, -0.1) is 28.9 Å². The van der Waals surface area contributed by atoms with Gasteiger partial charge >= 0.3 is 22.5 Å². The number of methoxy groups -OCH3 is 1. The second-order valence-corrected chi connectivity index (χ2v) is 6.59. The number of nitrogens with zero attached hydrogens (tertiary/aromatic N) is 3. The van der Waals surface area contributed by atoms with Gasteiger partial charge in [-0.1, -0.05) is 0 Å². The first-order valence-corrected chi connectivity index (χ1v) is 8.45. The Morgan fingerprint density at radius 3 is 2.67 bits per heavy atom. The van der Waals surface area contributed by atoms with E-state index in [0.29, 0.717) is 4.31 Å². The van der Waals surface area contributed by atoms with E-state index in [4.69, 9.17) is 0 Å². The minimum absolute atomic E-state index is 0.113. The fraction of sp³-hybridized carbons (Fsp3) is 0.364. The molecule has 0 N–H and O–H groups in total. The topological polar surface area (TPSA) is 98.2 Å². The molecular weight excluding hydrogens is 375 g/mol. The van der Waals surface area contributed by atoms with Crippen LogP contribution in [-0.4, -0.2) is 56.0 Å². The molecule has 0 saturated carbocycles. The van der Waals surface area contributed by atoms with Crippen LogP contribution in [0.1, 0.15) is 5.01 Å². The highest BCUT2D eigenvalue weighted by Gasteiger charge is 2.36. The molecule has 0 saturated heterocycles. The average Bonchev–Trinajstić information content (AvgIpc) is 3.00. The number of esters is 1. The summed E-state index contributed by atoms with van der Waals surface area (Å²) in [5, 5.41) is 1.80. The van der Waals surface area contributed by atoms with Gasteiger partial charge in [-0.25, -0.2) is 14.1 Å². The van der Waals surface area contributed by atoms with Crippen molar-refractivity contribution in [3.05, 3.63) is 28.4 Å². The summed E-state index contributed by atoms with van der Waals surface area (Å²) in [5.74, 6) is -1.05. The molecule has 0 fully saturated rings. The predicted octanol–water partition coefficient (Wildman–Crippen LogP) is 1.09. The van der Waals surface area contributed by atoms with Crippen molar-refractivity contribution >= 4 is 33.2 Å². The van der Waals surface area contributed by atoms with E-state index in [1.165, 1.54) is 6.20 Å². The summed E-state index contributed by atoms with van der Waals surface area (Å²) in [7, 11) is -3.44. The summed E-state index contributed by atoms with van der Waals surface area (Å²) in [4.78, 5) is 15.7. The van der Waals surface area contributed by atoms with E-state index < -0.39 is 41.4 Å². The van der Waals surface area contributed by atoms with Crippen LogP contribution >= 0.6 is 11.3 Å². The van der Waals surface area contributed by atoms with Crippen molar-refractivity contribution < 1.29 is 35.9 Å². The minimum Gasteiger partial charge on any atom is -0.464 e. The second kappa shape index (κ2) is 6.86. The molecular formula is C11H10F3N3O5S2. The Morgan fingerprint density at radius 1 is 1.42 bits per heavy atom. The number of hydrogen-bond donors (Lipinski definition) is 0. The Balaban J connectivity index is 2.33. The van der Waals surface area contributed by atoms with E-state index >= 15 is 0 Å². The van der Waals surface area contributed by atoms with E-state index in [1.54, 1.807) is 5.38 Å². The van der Waals surface area contributed by atoms with E-state index in [0.717, 1.165) is 24.5 Å². The summed E-state index contributed by atoms with van der Waals surface area (Å²) < 4.78 is 72.4.